The van der Waals surface area contributed by atoms with Crippen LogP contribution in [0.2, 0.25) is 0 Å². The minimum atomic E-state index is -0.369. The number of carbonyl (C=O) groups is 1. The Kier molecular flexibility index (Phi) is 4.33. The third-order valence-electron chi connectivity index (χ3n) is 5.51. The molecule has 1 unspecified atom stereocenters. The van der Waals surface area contributed by atoms with Gasteiger partial charge in [-0.25, -0.2) is 0 Å². The SMILES string of the molecule is O=C(NC1CC1)c1ccc(N2CCC(N3CCCC3)C2)c([N+](=O)[O-])c1. The zero-order chi connectivity index (χ0) is 17.4. The summed E-state index contributed by atoms with van der Waals surface area (Å²) < 4.78 is 0. The van der Waals surface area contributed by atoms with Crippen molar-refractivity contribution in [3.05, 3.63) is 33.9 Å². The van der Waals surface area contributed by atoms with Gasteiger partial charge in [0.1, 0.15) is 5.69 Å². The molecule has 1 atom stereocenters. The van der Waals surface area contributed by atoms with Crippen molar-refractivity contribution >= 4 is 17.3 Å². The molecule has 1 aliphatic carbocycles. The molecule has 2 heterocycles. The number of benzene rings is 1. The van der Waals surface area contributed by atoms with Gasteiger partial charge in [0.25, 0.3) is 11.6 Å². The largest absolute Gasteiger partial charge is 0.364 e. The van der Waals surface area contributed by atoms with Gasteiger partial charge < -0.3 is 10.2 Å². The maximum absolute atomic E-state index is 12.2. The van der Waals surface area contributed by atoms with Crippen LogP contribution in [0, 0.1) is 10.1 Å². The normalized spacial score (nSPS) is 23.8. The molecule has 134 valence electrons. The Morgan fingerprint density at radius 1 is 1.16 bits per heavy atom. The van der Waals surface area contributed by atoms with Crippen molar-refractivity contribution in [1.82, 2.24) is 10.2 Å². The second-order valence-corrected chi connectivity index (χ2v) is 7.34. The number of carbonyl (C=O) groups excluding carboxylic acids is 1. The van der Waals surface area contributed by atoms with E-state index in [0.717, 1.165) is 45.4 Å². The number of nitrogens with one attached hydrogen (secondary N) is 1. The summed E-state index contributed by atoms with van der Waals surface area (Å²) in [6.45, 7) is 3.94. The molecule has 0 bridgehead atoms. The molecular weight excluding hydrogens is 320 g/mol. The van der Waals surface area contributed by atoms with E-state index in [-0.39, 0.29) is 22.6 Å². The molecule has 0 radical (unpaired) electrons. The Balaban J connectivity index is 1.52. The van der Waals surface area contributed by atoms with Crippen LogP contribution in [0.15, 0.2) is 18.2 Å². The van der Waals surface area contributed by atoms with Gasteiger partial charge in [0.05, 0.1) is 4.92 Å². The molecule has 25 heavy (non-hydrogen) atoms. The fourth-order valence-corrected chi connectivity index (χ4v) is 3.94. The first-order valence-corrected chi connectivity index (χ1v) is 9.20. The minimum absolute atomic E-state index is 0.0329. The fourth-order valence-electron chi connectivity index (χ4n) is 3.94. The van der Waals surface area contributed by atoms with Crippen molar-refractivity contribution in [1.29, 1.82) is 0 Å². The van der Waals surface area contributed by atoms with Crippen molar-refractivity contribution < 1.29 is 9.72 Å². The summed E-state index contributed by atoms with van der Waals surface area (Å²) in [6, 6.07) is 5.61. The molecule has 1 aromatic rings. The standard InChI is InChI=1S/C18H24N4O3/c23-18(19-14-4-5-14)13-3-6-16(17(11-13)22(24)25)21-10-7-15(12-21)20-8-1-2-9-20/h3,6,11,14-15H,1-2,4-5,7-10,12H2,(H,19,23). The van der Waals surface area contributed by atoms with Crippen molar-refractivity contribution in [2.24, 2.45) is 0 Å². The van der Waals surface area contributed by atoms with Gasteiger partial charge >= 0.3 is 0 Å². The van der Waals surface area contributed by atoms with Gasteiger partial charge in [0.15, 0.2) is 0 Å². The first-order chi connectivity index (χ1) is 12.1. The number of anilines is 1. The summed E-state index contributed by atoms with van der Waals surface area (Å²) in [5.74, 6) is -0.214. The second-order valence-electron chi connectivity index (χ2n) is 7.34. The lowest BCUT2D eigenvalue weighted by molar-refractivity contribution is -0.384. The highest BCUT2D eigenvalue weighted by molar-refractivity contribution is 5.96. The van der Waals surface area contributed by atoms with Crippen LogP contribution >= 0.6 is 0 Å². The van der Waals surface area contributed by atoms with E-state index in [1.165, 1.54) is 18.9 Å². The molecule has 1 N–H and O–H groups in total. The van der Waals surface area contributed by atoms with E-state index in [9.17, 15) is 14.9 Å². The van der Waals surface area contributed by atoms with Crippen LogP contribution in [0.1, 0.15) is 42.5 Å². The van der Waals surface area contributed by atoms with Gasteiger partial charge in [-0.05, 0) is 57.3 Å². The Morgan fingerprint density at radius 2 is 1.92 bits per heavy atom. The first-order valence-electron chi connectivity index (χ1n) is 9.20. The molecular formula is C18H24N4O3. The summed E-state index contributed by atoms with van der Waals surface area (Å²) in [5, 5.41) is 14.4. The van der Waals surface area contributed by atoms with E-state index in [4.69, 9.17) is 0 Å². The van der Waals surface area contributed by atoms with Crippen LogP contribution < -0.4 is 10.2 Å². The third kappa shape index (κ3) is 3.46. The number of hydrogen-bond acceptors (Lipinski definition) is 5. The molecule has 3 fully saturated rings. The van der Waals surface area contributed by atoms with Crippen LogP contribution in [0.5, 0.6) is 0 Å². The first kappa shape index (κ1) is 16.3. The molecule has 4 rings (SSSR count). The van der Waals surface area contributed by atoms with Crippen LogP contribution in [0.25, 0.3) is 0 Å². The monoisotopic (exact) mass is 344 g/mol. The summed E-state index contributed by atoms with van der Waals surface area (Å²) in [7, 11) is 0. The smallest absolute Gasteiger partial charge is 0.293 e. The molecule has 0 spiro atoms. The van der Waals surface area contributed by atoms with E-state index in [0.29, 0.717) is 17.3 Å². The van der Waals surface area contributed by atoms with Crippen LogP contribution in [-0.4, -0.2) is 54.0 Å². The summed E-state index contributed by atoms with van der Waals surface area (Å²) in [6.07, 6.45) is 5.54. The Hall–Kier alpha value is -2.15. The molecule has 3 aliphatic rings. The van der Waals surface area contributed by atoms with Gasteiger partial charge in [0.2, 0.25) is 0 Å². The lowest BCUT2D eigenvalue weighted by atomic mass is 10.1. The Bertz CT molecular complexity index is 683. The lowest BCUT2D eigenvalue weighted by Gasteiger charge is -2.24. The molecule has 2 saturated heterocycles. The third-order valence-corrected chi connectivity index (χ3v) is 5.51. The van der Waals surface area contributed by atoms with Gasteiger partial charge in [-0.1, -0.05) is 0 Å². The zero-order valence-corrected chi connectivity index (χ0v) is 14.3. The highest BCUT2D eigenvalue weighted by atomic mass is 16.6. The van der Waals surface area contributed by atoms with Crippen LogP contribution in [0.3, 0.4) is 0 Å². The molecule has 1 amide bonds. The van der Waals surface area contributed by atoms with Crippen molar-refractivity contribution in [2.75, 3.05) is 31.1 Å². The Labute approximate surface area is 147 Å². The van der Waals surface area contributed by atoms with Crippen LogP contribution in [-0.2, 0) is 0 Å². The van der Waals surface area contributed by atoms with E-state index < -0.39 is 0 Å². The lowest BCUT2D eigenvalue weighted by Crippen LogP contribution is -2.35. The predicted molar refractivity (Wildman–Crippen MR) is 95.0 cm³/mol. The maximum atomic E-state index is 12.2. The number of rotatable bonds is 5. The molecule has 7 nitrogen and oxygen atoms in total. The predicted octanol–water partition coefficient (Wildman–Crippen LogP) is 2.16. The number of nitrogens with zero attached hydrogens (tertiary/aromatic N) is 3. The number of nitro benzene ring substituents is 1. The summed E-state index contributed by atoms with van der Waals surface area (Å²) in [4.78, 5) is 28.0. The highest BCUT2D eigenvalue weighted by Gasteiger charge is 2.32. The molecule has 7 heteroatoms. The number of likely N-dealkylation sites (tertiary alicyclic amines) is 1. The highest BCUT2D eigenvalue weighted by Crippen LogP contribution is 2.33. The molecule has 2 aliphatic heterocycles. The fraction of sp³-hybridized carbons (Fsp3) is 0.611. The number of hydrogen-bond donors (Lipinski definition) is 1. The van der Waals surface area contributed by atoms with E-state index in [1.807, 2.05) is 0 Å². The van der Waals surface area contributed by atoms with E-state index in [1.54, 1.807) is 12.1 Å². The maximum Gasteiger partial charge on any atom is 0.293 e. The number of nitro groups is 1. The van der Waals surface area contributed by atoms with Gasteiger partial charge in [-0.2, -0.15) is 0 Å². The van der Waals surface area contributed by atoms with Gasteiger partial charge in [0, 0.05) is 36.8 Å². The van der Waals surface area contributed by atoms with Crippen molar-refractivity contribution in [3.63, 3.8) is 0 Å². The zero-order valence-electron chi connectivity index (χ0n) is 14.3. The van der Waals surface area contributed by atoms with Crippen molar-refractivity contribution in [3.8, 4) is 0 Å². The average Bonchev–Trinajstić information content (AvgIpc) is 3.08. The van der Waals surface area contributed by atoms with Crippen molar-refractivity contribution in [2.45, 2.75) is 44.2 Å². The number of amides is 1. The topological polar surface area (TPSA) is 78.7 Å². The van der Waals surface area contributed by atoms with Gasteiger partial charge in [-0.3, -0.25) is 19.8 Å². The van der Waals surface area contributed by atoms with Gasteiger partial charge in [-0.15, -0.1) is 0 Å². The summed E-state index contributed by atoms with van der Waals surface area (Å²) in [5.41, 5.74) is 1.04. The Morgan fingerprint density at radius 3 is 2.60 bits per heavy atom. The molecule has 1 aromatic carbocycles. The summed E-state index contributed by atoms with van der Waals surface area (Å²) >= 11 is 0. The second kappa shape index (κ2) is 6.63. The van der Waals surface area contributed by atoms with E-state index >= 15 is 0 Å². The average molecular weight is 344 g/mol. The minimum Gasteiger partial charge on any atom is -0.364 e. The van der Waals surface area contributed by atoms with Crippen LogP contribution in [0.4, 0.5) is 11.4 Å². The quantitative estimate of drug-likeness (QED) is 0.654. The molecule has 0 aromatic heterocycles. The van der Waals surface area contributed by atoms with E-state index in [2.05, 4.69) is 15.1 Å². The molecule has 1 saturated carbocycles.